The second kappa shape index (κ2) is 7.25. The van der Waals surface area contributed by atoms with Gasteiger partial charge in [-0.25, -0.2) is 0 Å². The standard InChI is InChI=1S/C17H28N2O2/c1-13(2)21-15-8-5-7-14(11-15)17(20)16-12-18(3)9-6-10-19(16)4/h5,7-8,11,13,16-17,20H,6,9-10,12H2,1-4H3. The average molecular weight is 292 g/mol. The number of aliphatic hydroxyl groups is 1. The van der Waals surface area contributed by atoms with E-state index >= 15 is 0 Å². The van der Waals surface area contributed by atoms with Crippen LogP contribution in [0.5, 0.6) is 5.75 Å². The molecular weight excluding hydrogens is 264 g/mol. The molecule has 21 heavy (non-hydrogen) atoms. The van der Waals surface area contributed by atoms with Gasteiger partial charge < -0.3 is 14.7 Å². The Morgan fingerprint density at radius 2 is 2.00 bits per heavy atom. The molecule has 1 saturated heterocycles. The smallest absolute Gasteiger partial charge is 0.120 e. The van der Waals surface area contributed by atoms with Crippen LogP contribution < -0.4 is 4.74 Å². The summed E-state index contributed by atoms with van der Waals surface area (Å²) in [7, 11) is 4.22. The van der Waals surface area contributed by atoms with Gasteiger partial charge in [-0.1, -0.05) is 12.1 Å². The molecule has 1 aromatic carbocycles. The van der Waals surface area contributed by atoms with Gasteiger partial charge in [0.25, 0.3) is 0 Å². The molecule has 0 saturated carbocycles. The van der Waals surface area contributed by atoms with Gasteiger partial charge in [-0.3, -0.25) is 4.90 Å². The normalized spacial score (nSPS) is 23.0. The van der Waals surface area contributed by atoms with Crippen LogP contribution in [0.25, 0.3) is 0 Å². The average Bonchev–Trinajstić information content (AvgIpc) is 2.59. The highest BCUT2D eigenvalue weighted by Crippen LogP contribution is 2.26. The molecule has 0 radical (unpaired) electrons. The Bertz CT molecular complexity index is 450. The third-order valence-electron chi connectivity index (χ3n) is 4.05. The van der Waals surface area contributed by atoms with Crippen LogP contribution in [0.2, 0.25) is 0 Å². The van der Waals surface area contributed by atoms with E-state index in [1.54, 1.807) is 0 Å². The van der Waals surface area contributed by atoms with Crippen molar-refractivity contribution in [3.05, 3.63) is 29.8 Å². The van der Waals surface area contributed by atoms with Crippen molar-refractivity contribution in [2.24, 2.45) is 0 Å². The van der Waals surface area contributed by atoms with Gasteiger partial charge in [0, 0.05) is 6.54 Å². The van der Waals surface area contributed by atoms with Gasteiger partial charge in [-0.15, -0.1) is 0 Å². The minimum atomic E-state index is -0.494. The fourth-order valence-electron chi connectivity index (χ4n) is 2.91. The van der Waals surface area contributed by atoms with Crippen molar-refractivity contribution in [3.63, 3.8) is 0 Å². The van der Waals surface area contributed by atoms with Crippen LogP contribution in [0.3, 0.4) is 0 Å². The third-order valence-corrected chi connectivity index (χ3v) is 4.05. The molecule has 2 rings (SSSR count). The number of rotatable bonds is 4. The SMILES string of the molecule is CC(C)Oc1cccc(C(O)C2CN(C)CCCN2C)c1. The highest BCUT2D eigenvalue weighted by Gasteiger charge is 2.28. The molecule has 2 unspecified atom stereocenters. The van der Waals surface area contributed by atoms with Crippen LogP contribution in [-0.2, 0) is 0 Å². The molecule has 4 nitrogen and oxygen atoms in total. The molecule has 1 aliphatic heterocycles. The predicted octanol–water partition coefficient (Wildman–Crippen LogP) is 2.14. The fraction of sp³-hybridized carbons (Fsp3) is 0.647. The van der Waals surface area contributed by atoms with E-state index in [0.29, 0.717) is 0 Å². The second-order valence-electron chi connectivity index (χ2n) is 6.35. The van der Waals surface area contributed by atoms with E-state index in [9.17, 15) is 5.11 Å². The summed E-state index contributed by atoms with van der Waals surface area (Å²) in [5, 5.41) is 10.8. The van der Waals surface area contributed by atoms with Crippen molar-refractivity contribution in [3.8, 4) is 5.75 Å². The Kier molecular flexibility index (Phi) is 5.62. The summed E-state index contributed by atoms with van der Waals surface area (Å²) in [5.74, 6) is 0.825. The number of benzene rings is 1. The number of nitrogens with zero attached hydrogens (tertiary/aromatic N) is 2. The van der Waals surface area contributed by atoms with Gasteiger partial charge in [-0.2, -0.15) is 0 Å². The van der Waals surface area contributed by atoms with Crippen molar-refractivity contribution in [1.82, 2.24) is 9.80 Å². The maximum absolute atomic E-state index is 10.8. The summed E-state index contributed by atoms with van der Waals surface area (Å²) < 4.78 is 5.73. The summed E-state index contributed by atoms with van der Waals surface area (Å²) in [6.45, 7) is 7.01. The second-order valence-corrected chi connectivity index (χ2v) is 6.35. The Morgan fingerprint density at radius 3 is 2.71 bits per heavy atom. The van der Waals surface area contributed by atoms with Crippen LogP contribution >= 0.6 is 0 Å². The molecule has 4 heteroatoms. The molecule has 0 aliphatic carbocycles. The molecule has 1 aliphatic rings. The van der Waals surface area contributed by atoms with E-state index in [1.165, 1.54) is 0 Å². The van der Waals surface area contributed by atoms with E-state index < -0.39 is 6.10 Å². The van der Waals surface area contributed by atoms with Crippen molar-refractivity contribution in [2.75, 3.05) is 33.7 Å². The minimum Gasteiger partial charge on any atom is -0.491 e. The first kappa shape index (κ1) is 16.3. The highest BCUT2D eigenvalue weighted by molar-refractivity contribution is 5.31. The molecule has 1 N–H and O–H groups in total. The Hall–Kier alpha value is -1.10. The van der Waals surface area contributed by atoms with E-state index in [0.717, 1.165) is 37.4 Å². The lowest BCUT2D eigenvalue weighted by Crippen LogP contribution is -2.42. The largest absolute Gasteiger partial charge is 0.491 e. The molecule has 0 spiro atoms. The molecular formula is C17H28N2O2. The quantitative estimate of drug-likeness (QED) is 0.922. The first-order chi connectivity index (χ1) is 9.97. The van der Waals surface area contributed by atoms with Gasteiger partial charge in [0.2, 0.25) is 0 Å². The Morgan fingerprint density at radius 1 is 1.24 bits per heavy atom. The number of likely N-dealkylation sites (N-methyl/N-ethyl adjacent to an activating group) is 2. The van der Waals surface area contributed by atoms with Gasteiger partial charge in [0.15, 0.2) is 0 Å². The molecule has 1 fully saturated rings. The zero-order valence-electron chi connectivity index (χ0n) is 13.6. The monoisotopic (exact) mass is 292 g/mol. The van der Waals surface area contributed by atoms with E-state index in [4.69, 9.17) is 4.74 Å². The molecule has 2 atom stereocenters. The van der Waals surface area contributed by atoms with Crippen LogP contribution in [0.15, 0.2) is 24.3 Å². The first-order valence-corrected chi connectivity index (χ1v) is 7.81. The fourth-order valence-corrected chi connectivity index (χ4v) is 2.91. The molecule has 0 bridgehead atoms. The first-order valence-electron chi connectivity index (χ1n) is 7.81. The Labute approximate surface area is 128 Å². The van der Waals surface area contributed by atoms with Crippen molar-refractivity contribution in [2.45, 2.75) is 38.5 Å². The van der Waals surface area contributed by atoms with Gasteiger partial charge in [-0.05, 0) is 65.1 Å². The lowest BCUT2D eigenvalue weighted by atomic mass is 10.0. The van der Waals surface area contributed by atoms with Crippen molar-refractivity contribution >= 4 is 0 Å². The summed E-state index contributed by atoms with van der Waals surface area (Å²) in [6, 6.07) is 7.96. The lowest BCUT2D eigenvalue weighted by Gasteiger charge is -2.32. The van der Waals surface area contributed by atoms with Crippen molar-refractivity contribution < 1.29 is 9.84 Å². The van der Waals surface area contributed by atoms with Gasteiger partial charge in [0.1, 0.15) is 5.75 Å². The topological polar surface area (TPSA) is 35.9 Å². The molecule has 0 amide bonds. The zero-order valence-corrected chi connectivity index (χ0v) is 13.6. The van der Waals surface area contributed by atoms with E-state index in [1.807, 2.05) is 38.1 Å². The van der Waals surface area contributed by atoms with Crippen LogP contribution in [0, 0.1) is 0 Å². The summed E-state index contributed by atoms with van der Waals surface area (Å²) in [5.41, 5.74) is 0.931. The van der Waals surface area contributed by atoms with Crippen molar-refractivity contribution in [1.29, 1.82) is 0 Å². The minimum absolute atomic E-state index is 0.117. The Balaban J connectivity index is 2.15. The number of hydrogen-bond donors (Lipinski definition) is 1. The maximum atomic E-state index is 10.8. The summed E-state index contributed by atoms with van der Waals surface area (Å²) in [6.07, 6.45) is 0.794. The van der Waals surface area contributed by atoms with E-state index in [2.05, 4.69) is 23.9 Å². The van der Waals surface area contributed by atoms with Gasteiger partial charge in [0.05, 0.1) is 18.2 Å². The number of aliphatic hydroxyl groups excluding tert-OH is 1. The number of hydrogen-bond acceptors (Lipinski definition) is 4. The third kappa shape index (κ3) is 4.43. The zero-order chi connectivity index (χ0) is 15.4. The van der Waals surface area contributed by atoms with Crippen LogP contribution in [0.4, 0.5) is 0 Å². The molecule has 1 heterocycles. The van der Waals surface area contributed by atoms with Crippen LogP contribution in [0.1, 0.15) is 31.9 Å². The van der Waals surface area contributed by atoms with E-state index in [-0.39, 0.29) is 12.1 Å². The number of ether oxygens (including phenoxy) is 1. The maximum Gasteiger partial charge on any atom is 0.120 e. The molecule has 118 valence electrons. The van der Waals surface area contributed by atoms with Crippen LogP contribution in [-0.4, -0.2) is 60.8 Å². The summed E-state index contributed by atoms with van der Waals surface area (Å²) in [4.78, 5) is 4.57. The highest BCUT2D eigenvalue weighted by atomic mass is 16.5. The predicted molar refractivity (Wildman–Crippen MR) is 85.7 cm³/mol. The molecule has 1 aromatic rings. The summed E-state index contributed by atoms with van der Waals surface area (Å²) >= 11 is 0. The van der Waals surface area contributed by atoms with Gasteiger partial charge >= 0.3 is 0 Å². The molecule has 0 aromatic heterocycles. The lowest BCUT2D eigenvalue weighted by molar-refractivity contribution is 0.0569.